The summed E-state index contributed by atoms with van der Waals surface area (Å²) in [7, 11) is 0. The standard InChI is InChI=1S/C8H12O3/c1-3-10-8(9)7-5-4-6(2)11-7/h5-6H,3-4H2,1-2H3. The lowest BCUT2D eigenvalue weighted by atomic mass is 10.3. The highest BCUT2D eigenvalue weighted by Gasteiger charge is 2.20. The predicted molar refractivity (Wildman–Crippen MR) is 39.9 cm³/mol. The van der Waals surface area contributed by atoms with Crippen LogP contribution in [0.5, 0.6) is 0 Å². The van der Waals surface area contributed by atoms with Crippen LogP contribution in [0.25, 0.3) is 0 Å². The van der Waals surface area contributed by atoms with Gasteiger partial charge in [0.2, 0.25) is 5.76 Å². The molecule has 3 nitrogen and oxygen atoms in total. The molecule has 1 heterocycles. The van der Waals surface area contributed by atoms with Crippen LogP contribution < -0.4 is 0 Å². The Hall–Kier alpha value is -0.990. The Kier molecular flexibility index (Phi) is 2.52. The molecule has 0 radical (unpaired) electrons. The lowest BCUT2D eigenvalue weighted by molar-refractivity contribution is -0.142. The van der Waals surface area contributed by atoms with Crippen LogP contribution in [-0.2, 0) is 14.3 Å². The van der Waals surface area contributed by atoms with Gasteiger partial charge < -0.3 is 9.47 Å². The molecule has 3 heteroatoms. The topological polar surface area (TPSA) is 35.5 Å². The molecule has 1 rings (SSSR count). The van der Waals surface area contributed by atoms with Crippen LogP contribution >= 0.6 is 0 Å². The summed E-state index contributed by atoms with van der Waals surface area (Å²) < 4.78 is 9.90. The van der Waals surface area contributed by atoms with Gasteiger partial charge in [0.05, 0.1) is 12.7 Å². The Balaban J connectivity index is 2.43. The van der Waals surface area contributed by atoms with Crippen molar-refractivity contribution in [3.05, 3.63) is 11.8 Å². The van der Waals surface area contributed by atoms with E-state index in [1.54, 1.807) is 13.0 Å². The summed E-state index contributed by atoms with van der Waals surface area (Å²) in [6, 6.07) is 0. The molecule has 1 aliphatic heterocycles. The van der Waals surface area contributed by atoms with Gasteiger partial charge in [-0.25, -0.2) is 4.79 Å². The Morgan fingerprint density at radius 1 is 1.91 bits per heavy atom. The largest absolute Gasteiger partial charge is 0.483 e. The third-order valence-corrected chi connectivity index (χ3v) is 1.44. The summed E-state index contributed by atoms with van der Waals surface area (Å²) in [5.74, 6) is 0.0104. The summed E-state index contributed by atoms with van der Waals surface area (Å²) in [5, 5.41) is 0. The van der Waals surface area contributed by atoms with E-state index >= 15 is 0 Å². The lowest BCUT2D eigenvalue weighted by Crippen LogP contribution is -2.10. The summed E-state index contributed by atoms with van der Waals surface area (Å²) in [4.78, 5) is 11.0. The molecule has 0 amide bonds. The fourth-order valence-electron chi connectivity index (χ4n) is 0.920. The Morgan fingerprint density at radius 3 is 3.09 bits per heavy atom. The van der Waals surface area contributed by atoms with Gasteiger partial charge in [0, 0.05) is 6.42 Å². The lowest BCUT2D eigenvalue weighted by Gasteiger charge is -2.06. The van der Waals surface area contributed by atoms with E-state index in [4.69, 9.17) is 9.47 Å². The SMILES string of the molecule is CCOC(=O)C1=CCC(C)O1. The highest BCUT2D eigenvalue weighted by molar-refractivity contribution is 5.86. The number of esters is 1. The van der Waals surface area contributed by atoms with Crippen molar-refractivity contribution >= 4 is 5.97 Å². The van der Waals surface area contributed by atoms with Crippen molar-refractivity contribution in [2.24, 2.45) is 0 Å². The summed E-state index contributed by atoms with van der Waals surface area (Å²) >= 11 is 0. The predicted octanol–water partition coefficient (Wildman–Crippen LogP) is 1.24. The molecule has 1 unspecified atom stereocenters. The van der Waals surface area contributed by atoms with Crippen LogP contribution in [-0.4, -0.2) is 18.7 Å². The third-order valence-electron chi connectivity index (χ3n) is 1.44. The quantitative estimate of drug-likeness (QED) is 0.564. The average Bonchev–Trinajstić information content (AvgIpc) is 2.36. The molecule has 1 aliphatic rings. The smallest absolute Gasteiger partial charge is 0.373 e. The first-order valence-corrected chi connectivity index (χ1v) is 3.78. The van der Waals surface area contributed by atoms with Gasteiger partial charge in [0.25, 0.3) is 0 Å². The summed E-state index contributed by atoms with van der Waals surface area (Å²) in [6.07, 6.45) is 2.69. The fraction of sp³-hybridized carbons (Fsp3) is 0.625. The number of rotatable bonds is 2. The molecule has 0 fully saturated rings. The molecule has 0 aliphatic carbocycles. The maximum Gasteiger partial charge on any atom is 0.373 e. The van der Waals surface area contributed by atoms with Crippen LogP contribution in [0.3, 0.4) is 0 Å². The number of hydrogen-bond donors (Lipinski definition) is 0. The van der Waals surface area contributed by atoms with Crippen molar-refractivity contribution in [2.75, 3.05) is 6.61 Å². The van der Waals surface area contributed by atoms with E-state index in [0.717, 1.165) is 6.42 Å². The van der Waals surface area contributed by atoms with E-state index in [0.29, 0.717) is 12.4 Å². The Labute approximate surface area is 66.0 Å². The van der Waals surface area contributed by atoms with E-state index in [2.05, 4.69) is 0 Å². The van der Waals surface area contributed by atoms with Crippen molar-refractivity contribution in [3.8, 4) is 0 Å². The fourth-order valence-corrected chi connectivity index (χ4v) is 0.920. The molecule has 62 valence electrons. The minimum absolute atomic E-state index is 0.120. The minimum Gasteiger partial charge on any atom is -0.483 e. The number of carbonyl (C=O) groups is 1. The van der Waals surface area contributed by atoms with E-state index in [1.807, 2.05) is 6.92 Å². The van der Waals surface area contributed by atoms with Crippen molar-refractivity contribution < 1.29 is 14.3 Å². The number of hydrogen-bond acceptors (Lipinski definition) is 3. The first-order chi connectivity index (χ1) is 5.24. The Bertz CT molecular complexity index is 184. The molecular formula is C8H12O3. The van der Waals surface area contributed by atoms with Crippen LogP contribution in [0.15, 0.2) is 11.8 Å². The van der Waals surface area contributed by atoms with Crippen LogP contribution in [0, 0.1) is 0 Å². The first kappa shape index (κ1) is 8.11. The molecule has 0 N–H and O–H groups in total. The Morgan fingerprint density at radius 2 is 2.64 bits per heavy atom. The minimum atomic E-state index is -0.350. The van der Waals surface area contributed by atoms with E-state index in [9.17, 15) is 4.79 Å². The van der Waals surface area contributed by atoms with Crippen molar-refractivity contribution in [2.45, 2.75) is 26.4 Å². The molecule has 0 aromatic heterocycles. The van der Waals surface area contributed by atoms with Crippen LogP contribution in [0.2, 0.25) is 0 Å². The highest BCUT2D eigenvalue weighted by atomic mass is 16.6. The highest BCUT2D eigenvalue weighted by Crippen LogP contribution is 2.16. The zero-order valence-electron chi connectivity index (χ0n) is 6.79. The monoisotopic (exact) mass is 156 g/mol. The number of ether oxygens (including phenoxy) is 2. The third kappa shape index (κ3) is 1.97. The summed E-state index contributed by atoms with van der Waals surface area (Å²) in [5.41, 5.74) is 0. The van der Waals surface area contributed by atoms with Gasteiger partial charge in [0.15, 0.2) is 0 Å². The van der Waals surface area contributed by atoms with Gasteiger partial charge in [-0.2, -0.15) is 0 Å². The van der Waals surface area contributed by atoms with Crippen molar-refractivity contribution in [3.63, 3.8) is 0 Å². The second-order valence-corrected chi connectivity index (χ2v) is 2.45. The van der Waals surface area contributed by atoms with Gasteiger partial charge in [-0.05, 0) is 19.9 Å². The maximum absolute atomic E-state index is 11.0. The van der Waals surface area contributed by atoms with E-state index in [1.165, 1.54) is 0 Å². The molecule has 1 atom stereocenters. The zero-order chi connectivity index (χ0) is 8.27. The average molecular weight is 156 g/mol. The van der Waals surface area contributed by atoms with Gasteiger partial charge in [0.1, 0.15) is 0 Å². The second-order valence-electron chi connectivity index (χ2n) is 2.45. The van der Waals surface area contributed by atoms with Crippen molar-refractivity contribution in [1.82, 2.24) is 0 Å². The van der Waals surface area contributed by atoms with Gasteiger partial charge in [-0.1, -0.05) is 0 Å². The van der Waals surface area contributed by atoms with Crippen molar-refractivity contribution in [1.29, 1.82) is 0 Å². The van der Waals surface area contributed by atoms with Gasteiger partial charge >= 0.3 is 5.97 Å². The maximum atomic E-state index is 11.0. The zero-order valence-corrected chi connectivity index (χ0v) is 6.79. The molecule has 0 aromatic rings. The molecule has 0 spiro atoms. The molecule has 0 bridgehead atoms. The van der Waals surface area contributed by atoms with Crippen LogP contribution in [0.1, 0.15) is 20.3 Å². The van der Waals surface area contributed by atoms with Gasteiger partial charge in [-0.15, -0.1) is 0 Å². The first-order valence-electron chi connectivity index (χ1n) is 3.78. The molecule has 0 saturated carbocycles. The molecule has 0 aromatic carbocycles. The van der Waals surface area contributed by atoms with E-state index in [-0.39, 0.29) is 12.1 Å². The van der Waals surface area contributed by atoms with Crippen LogP contribution in [0.4, 0.5) is 0 Å². The number of carbonyl (C=O) groups excluding carboxylic acids is 1. The molecule has 0 saturated heterocycles. The normalized spacial score (nSPS) is 22.4. The second kappa shape index (κ2) is 3.42. The van der Waals surface area contributed by atoms with Gasteiger partial charge in [-0.3, -0.25) is 0 Å². The molecular weight excluding hydrogens is 144 g/mol. The van der Waals surface area contributed by atoms with E-state index < -0.39 is 0 Å². The summed E-state index contributed by atoms with van der Waals surface area (Å²) in [6.45, 7) is 4.09. The molecule has 11 heavy (non-hydrogen) atoms.